The molecule has 3 aromatic heterocycles. The van der Waals surface area contributed by atoms with Crippen LogP contribution in [0.4, 0.5) is 0 Å². The number of ether oxygens (including phenoxy) is 2. The van der Waals surface area contributed by atoms with E-state index in [0.717, 1.165) is 17.5 Å². The molecule has 8 heteroatoms. The van der Waals surface area contributed by atoms with Gasteiger partial charge in [0.25, 0.3) is 5.56 Å². The molecular weight excluding hydrogens is 418 g/mol. The molecule has 0 amide bonds. The first-order chi connectivity index (χ1) is 16.0. The van der Waals surface area contributed by atoms with Gasteiger partial charge in [0.15, 0.2) is 11.3 Å². The van der Waals surface area contributed by atoms with E-state index < -0.39 is 0 Å². The highest BCUT2D eigenvalue weighted by Crippen LogP contribution is 2.35. The van der Waals surface area contributed by atoms with Crippen molar-refractivity contribution in [2.24, 2.45) is 0 Å². The molecule has 0 N–H and O–H groups in total. The molecular formula is C25H25N5O3. The number of methoxy groups -OCH3 is 2. The average Bonchev–Trinajstić information content (AvgIpc) is 3.14. The van der Waals surface area contributed by atoms with Crippen LogP contribution in [0.2, 0.25) is 0 Å². The third kappa shape index (κ3) is 3.13. The van der Waals surface area contributed by atoms with Crippen LogP contribution in [0.15, 0.2) is 47.3 Å². The lowest BCUT2D eigenvalue weighted by Gasteiger charge is -2.16. The summed E-state index contributed by atoms with van der Waals surface area (Å²) in [6.07, 6.45) is 0.813. The Bertz CT molecular complexity index is 1580. The minimum atomic E-state index is -0.118. The highest BCUT2D eigenvalue weighted by molar-refractivity contribution is 6.06. The molecule has 0 aliphatic carbocycles. The van der Waals surface area contributed by atoms with Gasteiger partial charge in [0.1, 0.15) is 28.2 Å². The summed E-state index contributed by atoms with van der Waals surface area (Å²) >= 11 is 0. The Hall–Kier alpha value is -3.94. The largest absolute Gasteiger partial charge is 0.497 e. The van der Waals surface area contributed by atoms with Crippen LogP contribution in [0.1, 0.15) is 32.1 Å². The van der Waals surface area contributed by atoms with Gasteiger partial charge >= 0.3 is 0 Å². The summed E-state index contributed by atoms with van der Waals surface area (Å²) in [6.45, 7) is 5.94. The van der Waals surface area contributed by atoms with Crippen molar-refractivity contribution in [3.05, 3.63) is 58.6 Å². The van der Waals surface area contributed by atoms with Crippen molar-refractivity contribution in [1.29, 1.82) is 0 Å². The molecule has 168 valence electrons. The van der Waals surface area contributed by atoms with Crippen molar-refractivity contribution in [3.8, 4) is 17.2 Å². The second-order valence-electron chi connectivity index (χ2n) is 8.05. The van der Waals surface area contributed by atoms with Gasteiger partial charge in [-0.05, 0) is 44.5 Å². The fourth-order valence-electron chi connectivity index (χ4n) is 4.31. The Morgan fingerprint density at radius 2 is 1.70 bits per heavy atom. The first kappa shape index (κ1) is 20.9. The number of nitrogens with zero attached hydrogens (tertiary/aromatic N) is 5. The Balaban J connectivity index is 2.00. The van der Waals surface area contributed by atoms with Gasteiger partial charge in [-0.25, -0.2) is 15.0 Å². The minimum absolute atomic E-state index is 0.0109. The molecule has 0 aliphatic rings. The second-order valence-corrected chi connectivity index (χ2v) is 8.05. The van der Waals surface area contributed by atoms with E-state index in [0.29, 0.717) is 45.2 Å². The van der Waals surface area contributed by atoms with Crippen LogP contribution >= 0.6 is 0 Å². The molecule has 0 saturated carbocycles. The van der Waals surface area contributed by atoms with Gasteiger partial charge in [0.2, 0.25) is 0 Å². The number of para-hydroxylation sites is 2. The number of fused-ring (bicyclic) bond motifs is 4. The molecule has 33 heavy (non-hydrogen) atoms. The molecule has 0 radical (unpaired) electrons. The number of benzene rings is 2. The third-order valence-electron chi connectivity index (χ3n) is 6.14. The molecule has 1 unspecified atom stereocenters. The van der Waals surface area contributed by atoms with E-state index in [1.165, 1.54) is 0 Å². The SMILES string of the molecule is CCC(C)n1c(C)nc2c(c1=O)c1nc3ccccc3nc1n2-c1ccc(OC)cc1OC. The molecule has 0 fully saturated rings. The van der Waals surface area contributed by atoms with Crippen molar-refractivity contribution in [1.82, 2.24) is 24.1 Å². The molecule has 0 spiro atoms. The Kier molecular flexibility index (Phi) is 5.00. The van der Waals surface area contributed by atoms with Crippen LogP contribution in [0.5, 0.6) is 11.5 Å². The van der Waals surface area contributed by atoms with Crippen molar-refractivity contribution in [2.45, 2.75) is 33.2 Å². The first-order valence-corrected chi connectivity index (χ1v) is 10.9. The molecule has 3 heterocycles. The molecule has 0 aliphatic heterocycles. The number of rotatable bonds is 5. The van der Waals surface area contributed by atoms with Gasteiger partial charge in [0.05, 0.1) is 30.9 Å². The van der Waals surface area contributed by atoms with Crippen LogP contribution in [0, 0.1) is 6.92 Å². The van der Waals surface area contributed by atoms with Gasteiger partial charge in [-0.1, -0.05) is 19.1 Å². The van der Waals surface area contributed by atoms with E-state index in [1.54, 1.807) is 24.9 Å². The van der Waals surface area contributed by atoms with E-state index >= 15 is 0 Å². The molecule has 1 atom stereocenters. The summed E-state index contributed by atoms with van der Waals surface area (Å²) in [6, 6.07) is 13.2. The quantitative estimate of drug-likeness (QED) is 0.395. The van der Waals surface area contributed by atoms with Gasteiger partial charge in [-0.3, -0.25) is 13.9 Å². The number of aromatic nitrogens is 5. The number of aryl methyl sites for hydroxylation is 1. The highest BCUT2D eigenvalue weighted by Gasteiger charge is 2.24. The smallest absolute Gasteiger partial charge is 0.265 e. The zero-order chi connectivity index (χ0) is 23.3. The lowest BCUT2D eigenvalue weighted by atomic mass is 10.2. The molecule has 0 bridgehead atoms. The second kappa shape index (κ2) is 7.88. The topological polar surface area (TPSA) is 84.1 Å². The predicted molar refractivity (Wildman–Crippen MR) is 129 cm³/mol. The van der Waals surface area contributed by atoms with E-state index in [-0.39, 0.29) is 11.6 Å². The molecule has 0 saturated heterocycles. The molecule has 2 aromatic carbocycles. The number of hydrogen-bond acceptors (Lipinski definition) is 6. The maximum absolute atomic E-state index is 13.8. The highest BCUT2D eigenvalue weighted by atomic mass is 16.5. The van der Waals surface area contributed by atoms with Gasteiger partial charge in [0, 0.05) is 12.1 Å². The minimum Gasteiger partial charge on any atom is -0.497 e. The van der Waals surface area contributed by atoms with Gasteiger partial charge in [-0.2, -0.15) is 0 Å². The van der Waals surface area contributed by atoms with Crippen molar-refractivity contribution in [2.75, 3.05) is 14.2 Å². The fourth-order valence-corrected chi connectivity index (χ4v) is 4.31. The summed E-state index contributed by atoms with van der Waals surface area (Å²) in [5.74, 6) is 1.88. The van der Waals surface area contributed by atoms with Crippen LogP contribution < -0.4 is 15.0 Å². The van der Waals surface area contributed by atoms with Crippen molar-refractivity contribution < 1.29 is 9.47 Å². The summed E-state index contributed by atoms with van der Waals surface area (Å²) in [5, 5.41) is 0.451. The van der Waals surface area contributed by atoms with E-state index in [1.807, 2.05) is 54.8 Å². The summed E-state index contributed by atoms with van der Waals surface area (Å²) in [7, 11) is 3.20. The maximum atomic E-state index is 13.8. The maximum Gasteiger partial charge on any atom is 0.265 e. The van der Waals surface area contributed by atoms with Crippen LogP contribution in [-0.2, 0) is 0 Å². The predicted octanol–water partition coefficient (Wildman–Crippen LogP) is 4.58. The number of hydrogen-bond donors (Lipinski definition) is 0. The Morgan fingerprint density at radius 3 is 2.36 bits per heavy atom. The zero-order valence-electron chi connectivity index (χ0n) is 19.3. The van der Waals surface area contributed by atoms with Crippen LogP contribution in [0.25, 0.3) is 38.9 Å². The molecule has 5 rings (SSSR count). The molecule has 8 nitrogen and oxygen atoms in total. The summed E-state index contributed by atoms with van der Waals surface area (Å²) in [4.78, 5) is 28.4. The van der Waals surface area contributed by atoms with E-state index in [2.05, 4.69) is 6.92 Å². The Morgan fingerprint density at radius 1 is 0.970 bits per heavy atom. The van der Waals surface area contributed by atoms with Crippen molar-refractivity contribution >= 4 is 33.2 Å². The summed E-state index contributed by atoms with van der Waals surface area (Å²) in [5.41, 5.74) is 3.63. The monoisotopic (exact) mass is 443 g/mol. The fraction of sp³-hybridized carbons (Fsp3) is 0.280. The van der Waals surface area contributed by atoms with E-state index in [9.17, 15) is 4.79 Å². The van der Waals surface area contributed by atoms with Crippen LogP contribution in [-0.4, -0.2) is 38.3 Å². The van der Waals surface area contributed by atoms with E-state index in [4.69, 9.17) is 24.4 Å². The van der Waals surface area contributed by atoms with Crippen LogP contribution in [0.3, 0.4) is 0 Å². The van der Waals surface area contributed by atoms with Gasteiger partial charge in [-0.15, -0.1) is 0 Å². The van der Waals surface area contributed by atoms with Crippen molar-refractivity contribution in [3.63, 3.8) is 0 Å². The average molecular weight is 444 g/mol. The lowest BCUT2D eigenvalue weighted by Crippen LogP contribution is -2.26. The lowest BCUT2D eigenvalue weighted by molar-refractivity contribution is 0.393. The third-order valence-corrected chi connectivity index (χ3v) is 6.14. The summed E-state index contributed by atoms with van der Waals surface area (Å²) < 4.78 is 14.6. The Labute approximate surface area is 190 Å². The normalized spacial score (nSPS) is 12.5. The standard InChI is InChI=1S/C25H25N5O3/c1-6-14(2)29-15(3)26-23-21(25(29)31)22-24(28-18-10-8-7-9-17(18)27-22)30(23)19-12-11-16(32-4)13-20(19)33-5/h7-14H,6H2,1-5H3. The van der Waals surface area contributed by atoms with Gasteiger partial charge < -0.3 is 9.47 Å². The molecule has 5 aromatic rings. The zero-order valence-corrected chi connectivity index (χ0v) is 19.3. The first-order valence-electron chi connectivity index (χ1n) is 10.9.